The number of aromatic nitrogens is 14. The number of halogens is 1. The predicted octanol–water partition coefficient (Wildman–Crippen LogP) is 18.7. The Bertz CT molecular complexity index is 8090. The molecule has 0 aliphatic carbocycles. The van der Waals surface area contributed by atoms with Crippen molar-refractivity contribution in [2.24, 2.45) is 0 Å². The normalized spacial score (nSPS) is 12.9. The molecule has 139 heavy (non-hydrogen) atoms. The minimum atomic E-state index is -0.401. The molecule has 11 heterocycles. The molecule has 35 nitrogen and oxygen atoms in total. The molecule has 10 aromatic heterocycles. The molecule has 19 rings (SSSR count). The van der Waals surface area contributed by atoms with E-state index in [1.165, 1.54) is 31.1 Å². The Balaban J connectivity index is 0.000000134. The van der Waals surface area contributed by atoms with Crippen molar-refractivity contribution in [1.82, 2.24) is 68.5 Å². The van der Waals surface area contributed by atoms with Gasteiger partial charge in [0.1, 0.15) is 35.8 Å². The van der Waals surface area contributed by atoms with Crippen molar-refractivity contribution in [3.05, 3.63) is 395 Å². The number of benzene rings is 8. The average molecular weight is 1870 g/mol. The Labute approximate surface area is 800 Å². The van der Waals surface area contributed by atoms with Crippen LogP contribution < -0.4 is 71.9 Å². The third-order valence-electron chi connectivity index (χ3n) is 23.1. The fourth-order valence-corrected chi connectivity index (χ4v) is 15.9. The standard InChI is InChI=1S/C25H19N7O2.C24H19N7O.C22H17ClN6O.C22H18N6O.C9H14BNO3/c1-15(30-23-20(27-2)13-28-25(26)31-23)21-11-16-7-6-10-19(17-12-29-34-14-17)22(16)24(33)32(21)18-8-4-3-5-9-18;1-15(29-22-19(27-2)14-28-24(26)30-22)20-13-17-8-6-7-16(11-12-25)21(17)23(32)31(20)18-9-4-3-5-10-18;1-13(27-20-17(25-2)12-26-22(24)28-20)18-11-14-7-6-10-16(23)19(14)21(30)29(18)15-8-4-3-5-9-15;1-14(26-20-18(24-2)13-25-22(23)27-20)19-12-15-8-6-7-11-17(15)21(29)28(19)16-9-4-3-5-10-16;1-8(2)9(3,4)14-10(13-8)7-5-11-12-6-7/h3-15H,1H3,(H3,26,28,30,31);3-10,13-15H,11H2,1H3,(H3,26,28,29,30);3-13H,1H3,(H3,24,26,27,28);3-14H,1H3,(H3,23,25,26,27);5-6H,1-4H3/t2*15-;13-;14-;/m0000./s1. The molecule has 1 aliphatic heterocycles. The van der Waals surface area contributed by atoms with Crippen LogP contribution in [0.25, 0.3) is 96.3 Å². The molecule has 0 saturated carbocycles. The van der Waals surface area contributed by atoms with Gasteiger partial charge >= 0.3 is 7.12 Å². The van der Waals surface area contributed by atoms with Gasteiger partial charge in [0.05, 0.1) is 108 Å². The van der Waals surface area contributed by atoms with Crippen LogP contribution in [-0.2, 0) is 15.7 Å². The largest absolute Gasteiger partial charge is 0.499 e. The monoisotopic (exact) mass is 1860 g/mol. The molecule has 0 unspecified atom stereocenters. The van der Waals surface area contributed by atoms with Crippen LogP contribution in [0.1, 0.15) is 108 Å². The number of pyridine rings is 4. The predicted molar refractivity (Wildman–Crippen MR) is 539 cm³/mol. The number of nitriles is 1. The van der Waals surface area contributed by atoms with Crippen LogP contribution in [0, 0.1) is 37.6 Å². The lowest BCUT2D eigenvalue weighted by Gasteiger charge is -2.32. The number of nitrogens with zero attached hydrogens (tertiary/aromatic N) is 19. The highest BCUT2D eigenvalue weighted by atomic mass is 35.5. The molecule has 18 aromatic rings. The van der Waals surface area contributed by atoms with E-state index in [0.717, 1.165) is 49.5 Å². The second-order valence-corrected chi connectivity index (χ2v) is 33.1. The number of fused-ring (bicyclic) bond motifs is 4. The van der Waals surface area contributed by atoms with Crippen molar-refractivity contribution in [2.75, 3.05) is 44.2 Å². The molecule has 0 bridgehead atoms. The molecule has 12 N–H and O–H groups in total. The number of nitrogens with one attached hydrogen (secondary N) is 4. The summed E-state index contributed by atoms with van der Waals surface area (Å²) in [5, 5.41) is 35.1. The first kappa shape index (κ1) is 95.1. The summed E-state index contributed by atoms with van der Waals surface area (Å²) in [7, 11) is -0.369. The van der Waals surface area contributed by atoms with Crippen molar-refractivity contribution in [3.8, 4) is 39.9 Å². The maximum atomic E-state index is 14.0. The fraction of sp³-hybridized carbons (Fsp3) is 0.147. The molecular weight excluding hydrogens is 1780 g/mol. The summed E-state index contributed by atoms with van der Waals surface area (Å²) in [6.45, 7) is 45.1. The second kappa shape index (κ2) is 41.7. The summed E-state index contributed by atoms with van der Waals surface area (Å²) < 4.78 is 27.9. The molecule has 0 radical (unpaired) electrons. The van der Waals surface area contributed by atoms with Gasteiger partial charge in [-0.1, -0.05) is 161 Å². The van der Waals surface area contributed by atoms with Crippen molar-refractivity contribution < 1.29 is 18.4 Å². The minimum absolute atomic E-state index is 0.0483. The molecule has 37 heteroatoms. The first-order valence-electron chi connectivity index (χ1n) is 43.2. The fourth-order valence-electron chi connectivity index (χ4n) is 15.6. The Morgan fingerprint density at radius 3 is 1.12 bits per heavy atom. The number of nitrogen functional groups attached to an aromatic ring is 4. The van der Waals surface area contributed by atoms with Gasteiger partial charge < -0.3 is 62.6 Å². The zero-order chi connectivity index (χ0) is 98.3. The van der Waals surface area contributed by atoms with Gasteiger partial charge in [-0.3, -0.25) is 37.4 Å². The van der Waals surface area contributed by atoms with Crippen LogP contribution in [0.2, 0.25) is 5.02 Å². The highest BCUT2D eigenvalue weighted by Crippen LogP contribution is 2.39. The van der Waals surface area contributed by atoms with Gasteiger partial charge in [0.2, 0.25) is 46.5 Å². The average Bonchev–Trinajstić information content (AvgIpc) is 1.44. The van der Waals surface area contributed by atoms with E-state index in [0.29, 0.717) is 89.5 Å². The third-order valence-corrected chi connectivity index (χ3v) is 23.4. The van der Waals surface area contributed by atoms with Gasteiger partial charge in [0.15, 0.2) is 0 Å². The van der Waals surface area contributed by atoms with Crippen molar-refractivity contribution in [2.45, 2.75) is 97.2 Å². The molecule has 688 valence electrons. The Morgan fingerprint density at radius 2 is 0.741 bits per heavy atom. The number of para-hydroxylation sites is 4. The number of nitrogens with two attached hydrogens (primary N) is 4. The van der Waals surface area contributed by atoms with Gasteiger partial charge in [0.25, 0.3) is 22.2 Å². The molecule has 4 atom stereocenters. The lowest BCUT2D eigenvalue weighted by atomic mass is 9.82. The number of anilines is 8. The van der Waals surface area contributed by atoms with Crippen LogP contribution in [0.15, 0.2) is 302 Å². The number of hydrogen-bond acceptors (Lipinski definition) is 27. The van der Waals surface area contributed by atoms with Crippen molar-refractivity contribution in [3.63, 3.8) is 0 Å². The van der Waals surface area contributed by atoms with Crippen LogP contribution in [-0.4, -0.2) is 86.8 Å². The van der Waals surface area contributed by atoms with Gasteiger partial charge in [-0.05, 0) is 173 Å². The Morgan fingerprint density at radius 1 is 0.410 bits per heavy atom. The van der Waals surface area contributed by atoms with E-state index in [9.17, 15) is 24.4 Å². The van der Waals surface area contributed by atoms with E-state index in [1.54, 1.807) is 55.1 Å². The zero-order valence-electron chi connectivity index (χ0n) is 76.0. The minimum Gasteiger partial charge on any atom is -0.399 e. The summed E-state index contributed by atoms with van der Waals surface area (Å²) in [6.07, 6.45) is 11.9. The first-order valence-corrected chi connectivity index (χ1v) is 43.6. The van der Waals surface area contributed by atoms with Crippen LogP contribution in [0.3, 0.4) is 0 Å². The van der Waals surface area contributed by atoms with Gasteiger partial charge in [-0.2, -0.15) is 5.26 Å². The summed E-state index contributed by atoms with van der Waals surface area (Å²) in [5.74, 6) is 1.48. The maximum absolute atomic E-state index is 14.0. The quantitative estimate of drug-likeness (QED) is 0.0275. The molecular formula is C102H87BClN27O8. The van der Waals surface area contributed by atoms with E-state index < -0.39 is 12.1 Å². The molecule has 0 spiro atoms. The summed E-state index contributed by atoms with van der Waals surface area (Å²) >= 11 is 6.35. The van der Waals surface area contributed by atoms with Crippen molar-refractivity contribution >= 4 is 137 Å². The summed E-state index contributed by atoms with van der Waals surface area (Å²) in [5.41, 5.74) is 31.1. The SMILES string of the molecule is CC1(C)OB(c2cnoc2)OC1(C)C.[C-]#[N+]c1cnc(N)nc1N[C@@H](C)c1cc2cccc(-c3cnoc3)c2c(=O)n1-c1ccccc1.[C-]#[N+]c1cnc(N)nc1N[C@@H](C)c1cc2cccc(CC#N)c2c(=O)n1-c1ccccc1.[C-]#[N+]c1cnc(N)nc1N[C@@H](C)c1cc2cccc(Cl)c2c(=O)n1-c1ccccc1.[C-]#[N+]c1cnc(N)nc1N[C@@H](C)c1cc2ccccc2c(=O)n1-c1ccccc1. The molecule has 1 aliphatic rings. The molecule has 8 aromatic carbocycles. The summed E-state index contributed by atoms with van der Waals surface area (Å²) in [6, 6.07) is 69.9. The van der Waals surface area contributed by atoms with Crippen molar-refractivity contribution in [1.29, 1.82) is 5.26 Å². The van der Waals surface area contributed by atoms with Gasteiger partial charge in [-0.15, -0.1) is 0 Å². The number of hydrogen-bond donors (Lipinski definition) is 8. The van der Waals surface area contributed by atoms with E-state index in [1.807, 2.05) is 262 Å². The van der Waals surface area contributed by atoms with Crippen LogP contribution in [0.5, 0.6) is 0 Å². The topological polar surface area (TPSA) is 455 Å². The zero-order valence-corrected chi connectivity index (χ0v) is 76.8. The van der Waals surface area contributed by atoms with E-state index in [2.05, 4.69) is 96.9 Å². The smallest absolute Gasteiger partial charge is 0.399 e. The third kappa shape index (κ3) is 20.7. The lowest BCUT2D eigenvalue weighted by molar-refractivity contribution is 0.00578. The Kier molecular flexibility index (Phi) is 28.5. The molecule has 0 amide bonds. The Hall–Kier alpha value is -18.5. The van der Waals surface area contributed by atoms with E-state index in [4.69, 9.17) is 79.2 Å². The first-order chi connectivity index (χ1) is 67.1. The van der Waals surface area contributed by atoms with Crippen LogP contribution >= 0.6 is 11.6 Å². The maximum Gasteiger partial charge on any atom is 0.499 e. The van der Waals surface area contributed by atoms with E-state index >= 15 is 0 Å². The van der Waals surface area contributed by atoms with Gasteiger partial charge in [-0.25, -0.2) is 59.3 Å². The summed E-state index contributed by atoms with van der Waals surface area (Å²) in [4.78, 5) is 100. The highest BCUT2D eigenvalue weighted by molar-refractivity contribution is 6.61. The highest BCUT2D eigenvalue weighted by Gasteiger charge is 2.52. The van der Waals surface area contributed by atoms with Crippen LogP contribution in [0.4, 0.5) is 69.8 Å². The molecule has 1 saturated heterocycles. The molecule has 1 fully saturated rings. The second-order valence-electron chi connectivity index (χ2n) is 32.7. The lowest BCUT2D eigenvalue weighted by Crippen LogP contribution is -2.41. The number of rotatable bonds is 19. The van der Waals surface area contributed by atoms with Gasteiger partial charge in [0, 0.05) is 86.7 Å². The van der Waals surface area contributed by atoms with E-state index in [-0.39, 0.29) is 106 Å².